The molecule has 4 heteroatoms. The standard InChI is InChI=1S/C28H31N4/c1-3-4-19-28(20-18-23-10-6-5-7-11-23)30-22-32(2,31-28)26-16-14-24(15-17-26)27-13-9-8-12-25(27)21-29/h5-17,22,31H,3-4,18-20H2,1-2H3/q+1. The van der Waals surface area contributed by atoms with Crippen molar-refractivity contribution in [1.29, 1.82) is 5.26 Å². The summed E-state index contributed by atoms with van der Waals surface area (Å²) in [7, 11) is 2.15. The normalized spacial score (nSPS) is 22.0. The quantitative estimate of drug-likeness (QED) is 0.437. The first kappa shape index (κ1) is 22.0. The molecular weight excluding hydrogens is 392 g/mol. The highest BCUT2D eigenvalue weighted by molar-refractivity contribution is 5.77. The largest absolute Gasteiger partial charge is 0.212 e. The fourth-order valence-electron chi connectivity index (χ4n) is 4.46. The number of hydrogen-bond donors (Lipinski definition) is 1. The maximum atomic E-state index is 9.43. The zero-order chi connectivity index (χ0) is 22.4. The lowest BCUT2D eigenvalue weighted by atomic mass is 9.95. The molecule has 0 amide bonds. The summed E-state index contributed by atoms with van der Waals surface area (Å²) in [6, 6.07) is 29.1. The van der Waals surface area contributed by atoms with E-state index in [9.17, 15) is 5.26 Å². The Morgan fingerprint density at radius 3 is 2.38 bits per heavy atom. The first-order chi connectivity index (χ1) is 15.6. The van der Waals surface area contributed by atoms with Crippen molar-refractivity contribution in [3.63, 3.8) is 0 Å². The summed E-state index contributed by atoms with van der Waals surface area (Å²) in [5.41, 5.74) is 8.78. The fraction of sp³-hybridized carbons (Fsp3) is 0.286. The Hall–Kier alpha value is -3.26. The summed E-state index contributed by atoms with van der Waals surface area (Å²) in [5.74, 6) is 0. The van der Waals surface area contributed by atoms with E-state index in [-0.39, 0.29) is 5.66 Å². The molecule has 2 unspecified atom stereocenters. The summed E-state index contributed by atoms with van der Waals surface area (Å²) in [5, 5.41) is 9.43. The van der Waals surface area contributed by atoms with Crippen molar-refractivity contribution >= 4 is 12.0 Å². The molecule has 32 heavy (non-hydrogen) atoms. The average molecular weight is 424 g/mol. The molecule has 0 aliphatic carbocycles. The molecule has 0 aromatic heterocycles. The number of nitrogens with one attached hydrogen (secondary N) is 1. The number of rotatable bonds is 8. The molecule has 3 aromatic rings. The molecule has 0 bridgehead atoms. The van der Waals surface area contributed by atoms with Crippen LogP contribution in [0.25, 0.3) is 11.1 Å². The second kappa shape index (κ2) is 9.48. The Morgan fingerprint density at radius 2 is 1.66 bits per heavy atom. The molecule has 162 valence electrons. The zero-order valence-corrected chi connectivity index (χ0v) is 19.0. The van der Waals surface area contributed by atoms with Gasteiger partial charge in [0.05, 0.1) is 18.7 Å². The number of unbranched alkanes of at least 4 members (excludes halogenated alkanes) is 1. The lowest BCUT2D eigenvalue weighted by molar-refractivity contribution is 0.215. The first-order valence-corrected chi connectivity index (χ1v) is 11.4. The number of nitriles is 1. The van der Waals surface area contributed by atoms with E-state index in [1.54, 1.807) is 0 Å². The minimum atomic E-state index is -0.257. The van der Waals surface area contributed by atoms with Crippen LogP contribution in [0.15, 0.2) is 83.9 Å². The van der Waals surface area contributed by atoms with E-state index in [0.29, 0.717) is 10.2 Å². The van der Waals surface area contributed by atoms with Gasteiger partial charge in [0.15, 0.2) is 11.4 Å². The summed E-state index contributed by atoms with van der Waals surface area (Å²) >= 11 is 0. The number of benzene rings is 3. The highest BCUT2D eigenvalue weighted by atomic mass is 15.7. The molecule has 0 saturated heterocycles. The van der Waals surface area contributed by atoms with Gasteiger partial charge in [-0.2, -0.15) is 9.85 Å². The van der Waals surface area contributed by atoms with Gasteiger partial charge in [0.1, 0.15) is 0 Å². The van der Waals surface area contributed by atoms with Crippen LogP contribution in [-0.2, 0) is 6.42 Å². The second-order valence-corrected chi connectivity index (χ2v) is 8.76. The van der Waals surface area contributed by atoms with Crippen LogP contribution < -0.4 is 10.0 Å². The smallest absolute Gasteiger partial charge is 0.212 e. The van der Waals surface area contributed by atoms with Gasteiger partial charge in [0.25, 0.3) is 0 Å². The average Bonchev–Trinajstić information content (AvgIpc) is 3.20. The Labute approximate surface area is 191 Å². The molecule has 1 heterocycles. The van der Waals surface area contributed by atoms with Crippen molar-refractivity contribution in [1.82, 2.24) is 10.0 Å². The van der Waals surface area contributed by atoms with Gasteiger partial charge >= 0.3 is 0 Å². The lowest BCUT2D eigenvalue weighted by Crippen LogP contribution is -2.59. The second-order valence-electron chi connectivity index (χ2n) is 8.76. The van der Waals surface area contributed by atoms with Crippen LogP contribution >= 0.6 is 0 Å². The summed E-state index contributed by atoms with van der Waals surface area (Å²) in [6.45, 7) is 2.23. The third kappa shape index (κ3) is 4.65. The van der Waals surface area contributed by atoms with Gasteiger partial charge in [-0.3, -0.25) is 0 Å². The predicted molar refractivity (Wildman–Crippen MR) is 133 cm³/mol. The Kier molecular flexibility index (Phi) is 6.50. The van der Waals surface area contributed by atoms with Gasteiger partial charge in [0.2, 0.25) is 6.34 Å². The molecule has 2 atom stereocenters. The van der Waals surface area contributed by atoms with Crippen LogP contribution in [-0.4, -0.2) is 19.0 Å². The first-order valence-electron chi connectivity index (χ1n) is 11.4. The Bertz CT molecular complexity index is 1110. The highest BCUT2D eigenvalue weighted by Crippen LogP contribution is 2.33. The van der Waals surface area contributed by atoms with Crippen LogP contribution in [0.3, 0.4) is 0 Å². The minimum absolute atomic E-state index is 0.257. The van der Waals surface area contributed by atoms with E-state index in [4.69, 9.17) is 4.99 Å². The van der Waals surface area contributed by atoms with Gasteiger partial charge in [0, 0.05) is 12.1 Å². The lowest BCUT2D eigenvalue weighted by Gasteiger charge is -2.32. The van der Waals surface area contributed by atoms with Crippen molar-refractivity contribution < 1.29 is 0 Å². The Balaban J connectivity index is 1.54. The van der Waals surface area contributed by atoms with Crippen molar-refractivity contribution in [2.45, 2.75) is 44.7 Å². The van der Waals surface area contributed by atoms with Gasteiger partial charge < -0.3 is 0 Å². The molecule has 0 saturated carbocycles. The maximum Gasteiger partial charge on any atom is 0.212 e. The monoisotopic (exact) mass is 423 g/mol. The van der Waals surface area contributed by atoms with Gasteiger partial charge in [-0.05, 0) is 60.6 Å². The van der Waals surface area contributed by atoms with E-state index in [0.717, 1.165) is 48.9 Å². The van der Waals surface area contributed by atoms with E-state index in [2.05, 4.69) is 80.1 Å². The van der Waals surface area contributed by atoms with Crippen LogP contribution in [0.1, 0.15) is 43.7 Å². The molecule has 4 nitrogen and oxygen atoms in total. The van der Waals surface area contributed by atoms with Crippen molar-refractivity contribution in [3.8, 4) is 17.2 Å². The van der Waals surface area contributed by atoms with E-state index in [1.165, 1.54) is 5.56 Å². The van der Waals surface area contributed by atoms with Crippen LogP contribution in [0, 0.1) is 11.3 Å². The van der Waals surface area contributed by atoms with E-state index < -0.39 is 0 Å². The number of aryl methyl sites for hydroxylation is 1. The fourth-order valence-corrected chi connectivity index (χ4v) is 4.46. The van der Waals surface area contributed by atoms with Crippen molar-refractivity contribution in [3.05, 3.63) is 90.0 Å². The third-order valence-corrected chi connectivity index (χ3v) is 6.35. The molecular formula is C28H31N4+. The summed E-state index contributed by atoms with van der Waals surface area (Å²) < 4.78 is 0.471. The Morgan fingerprint density at radius 1 is 0.938 bits per heavy atom. The van der Waals surface area contributed by atoms with E-state index in [1.807, 2.05) is 30.6 Å². The molecule has 0 spiro atoms. The van der Waals surface area contributed by atoms with Crippen LogP contribution in [0.5, 0.6) is 0 Å². The maximum absolute atomic E-state index is 9.43. The van der Waals surface area contributed by atoms with Crippen molar-refractivity contribution in [2.24, 2.45) is 4.99 Å². The molecule has 1 aliphatic rings. The number of hydrogen-bond acceptors (Lipinski definition) is 3. The van der Waals surface area contributed by atoms with Crippen LogP contribution in [0.4, 0.5) is 5.69 Å². The molecule has 1 aliphatic heterocycles. The third-order valence-electron chi connectivity index (χ3n) is 6.35. The summed E-state index contributed by atoms with van der Waals surface area (Å²) in [4.78, 5) is 5.05. The van der Waals surface area contributed by atoms with Gasteiger partial charge in [-0.1, -0.05) is 61.9 Å². The number of quaternary nitrogens is 1. The minimum Gasteiger partial charge on any atom is -0.212 e. The van der Waals surface area contributed by atoms with E-state index >= 15 is 0 Å². The van der Waals surface area contributed by atoms with Crippen molar-refractivity contribution in [2.75, 3.05) is 7.05 Å². The molecule has 1 N–H and O–H groups in total. The highest BCUT2D eigenvalue weighted by Gasteiger charge is 2.44. The molecule has 0 radical (unpaired) electrons. The summed E-state index contributed by atoms with van der Waals surface area (Å²) in [6.07, 6.45) is 7.32. The number of aliphatic imine (C=N–C) groups is 1. The van der Waals surface area contributed by atoms with Gasteiger partial charge in [-0.15, -0.1) is 5.43 Å². The molecule has 3 aromatic carbocycles. The molecule has 4 rings (SSSR count). The van der Waals surface area contributed by atoms with Gasteiger partial charge in [-0.25, -0.2) is 4.99 Å². The van der Waals surface area contributed by atoms with Crippen LogP contribution in [0.2, 0.25) is 0 Å². The molecule has 0 fully saturated rings. The number of nitrogens with zero attached hydrogens (tertiary/aromatic N) is 3. The zero-order valence-electron chi connectivity index (χ0n) is 19.0. The SMILES string of the molecule is CCCCC1(CCc2ccccc2)N=C[N+](C)(c2ccc(-c3ccccc3C#N)cc2)N1. The predicted octanol–water partition coefficient (Wildman–Crippen LogP) is 6.23. The topological polar surface area (TPSA) is 48.2 Å².